The number of benzene rings is 1. The first kappa shape index (κ1) is 27.2. The van der Waals surface area contributed by atoms with Gasteiger partial charge in [-0.3, -0.25) is 9.88 Å². The molecule has 13 heteroatoms. The molecular weight excluding hydrogens is 541 g/mol. The van der Waals surface area contributed by atoms with E-state index in [-0.39, 0.29) is 30.1 Å². The number of anilines is 3. The molecule has 3 aliphatic rings. The lowest BCUT2D eigenvalue weighted by Gasteiger charge is -2.45. The van der Waals surface area contributed by atoms with E-state index in [0.29, 0.717) is 36.1 Å². The number of alkyl halides is 3. The first-order valence-electron chi connectivity index (χ1n) is 13.4. The van der Waals surface area contributed by atoms with Gasteiger partial charge in [-0.1, -0.05) is 12.1 Å². The molecule has 2 bridgehead atoms. The van der Waals surface area contributed by atoms with Gasteiger partial charge in [0.2, 0.25) is 0 Å². The molecule has 2 aromatic heterocycles. The van der Waals surface area contributed by atoms with E-state index in [1.54, 1.807) is 23.4 Å². The van der Waals surface area contributed by atoms with Gasteiger partial charge in [0.15, 0.2) is 17.4 Å². The van der Waals surface area contributed by atoms with Gasteiger partial charge in [-0.05, 0) is 38.8 Å². The maximum atomic E-state index is 13.7. The molecule has 1 aromatic carbocycles. The average molecular weight is 571 g/mol. The van der Waals surface area contributed by atoms with Crippen LogP contribution in [0.3, 0.4) is 0 Å². The minimum absolute atomic E-state index is 0.104. The molecule has 6 rings (SSSR count). The molecule has 2 saturated heterocycles. The summed E-state index contributed by atoms with van der Waals surface area (Å²) in [6.45, 7) is 5.73. The number of amides is 2. The number of ether oxygens (including phenoxy) is 3. The van der Waals surface area contributed by atoms with Crippen LogP contribution in [0.1, 0.15) is 32.3 Å². The third-order valence-electron chi connectivity index (χ3n) is 7.22. The van der Waals surface area contributed by atoms with Gasteiger partial charge in [0.25, 0.3) is 0 Å². The first-order valence-corrected chi connectivity index (χ1v) is 13.4. The van der Waals surface area contributed by atoms with Crippen molar-refractivity contribution >= 4 is 23.2 Å². The molecule has 3 aromatic rings. The van der Waals surface area contributed by atoms with E-state index in [1.165, 1.54) is 18.3 Å². The summed E-state index contributed by atoms with van der Waals surface area (Å²) in [5.74, 6) is 0.245. The minimum Gasteiger partial charge on any atom is -0.489 e. The van der Waals surface area contributed by atoms with Gasteiger partial charge >= 0.3 is 12.2 Å². The van der Waals surface area contributed by atoms with E-state index in [1.807, 2.05) is 13.8 Å². The van der Waals surface area contributed by atoms with Crippen LogP contribution in [-0.4, -0.2) is 65.2 Å². The van der Waals surface area contributed by atoms with Crippen LogP contribution >= 0.6 is 0 Å². The third-order valence-corrected chi connectivity index (χ3v) is 7.22. The van der Waals surface area contributed by atoms with Crippen molar-refractivity contribution in [1.82, 2.24) is 15.0 Å². The molecule has 2 amide bonds. The number of hydrogen-bond donors (Lipinski definition) is 1. The monoisotopic (exact) mass is 570 g/mol. The highest BCUT2D eigenvalue weighted by molar-refractivity contribution is 6.04. The molecule has 3 aliphatic heterocycles. The van der Waals surface area contributed by atoms with E-state index in [2.05, 4.69) is 25.2 Å². The summed E-state index contributed by atoms with van der Waals surface area (Å²) in [6.07, 6.45) is 1.53. The summed E-state index contributed by atoms with van der Waals surface area (Å²) in [4.78, 5) is 30.5. The molecule has 2 fully saturated rings. The second-order valence-corrected chi connectivity index (χ2v) is 10.7. The fraction of sp³-hybridized carbons (Fsp3) is 0.429. The number of piperidine rings is 1. The second-order valence-electron chi connectivity index (χ2n) is 10.7. The number of nitrogens with one attached hydrogen (secondary N) is 1. The fourth-order valence-electron chi connectivity index (χ4n) is 5.34. The lowest BCUT2D eigenvalue weighted by Crippen LogP contribution is -2.56. The Bertz CT molecular complexity index is 1450. The zero-order valence-corrected chi connectivity index (χ0v) is 22.5. The predicted molar refractivity (Wildman–Crippen MR) is 144 cm³/mol. The number of urea groups is 1. The Labute approximate surface area is 234 Å². The molecule has 2 atom stereocenters. The van der Waals surface area contributed by atoms with Crippen molar-refractivity contribution in [1.29, 1.82) is 0 Å². The standard InChI is InChI=1S/C28H29F3N6O4/c1-27(2)40-16-22(41-27)15-39-21-10-19(11-32-12-21)34-26(38)37-20-7-4-8-36(14-20)23-13-33-24(35-25(23)37)17-5-3-6-18(9-17)28(29,30)31/h3,5-6,9-13,20,22H,4,7-8,14-16H2,1-2H3,(H,34,38)/t20-,22+/m0/s1. The quantitative estimate of drug-likeness (QED) is 0.452. The second kappa shape index (κ2) is 10.5. The smallest absolute Gasteiger partial charge is 0.416 e. The van der Waals surface area contributed by atoms with Gasteiger partial charge in [-0.15, -0.1) is 0 Å². The Balaban J connectivity index is 1.24. The summed E-state index contributed by atoms with van der Waals surface area (Å²) in [7, 11) is 0. The normalized spacial score (nSPS) is 21.4. The predicted octanol–water partition coefficient (Wildman–Crippen LogP) is 5.11. The van der Waals surface area contributed by atoms with Gasteiger partial charge in [0.1, 0.15) is 18.5 Å². The SMILES string of the molecule is CC1(C)OC[C@@H](COc2cncc(NC(=O)N3c4nc(-c5cccc(C(F)(F)F)c5)ncc4N4CCC[C@H]3C4)c2)O1. The lowest BCUT2D eigenvalue weighted by molar-refractivity contribution is -0.141. The van der Waals surface area contributed by atoms with Crippen LogP contribution in [0.5, 0.6) is 5.75 Å². The number of carbonyl (C=O) groups excluding carboxylic acids is 1. The Hall–Kier alpha value is -3.97. The van der Waals surface area contributed by atoms with E-state index in [4.69, 9.17) is 14.2 Å². The van der Waals surface area contributed by atoms with Crippen molar-refractivity contribution in [2.24, 2.45) is 0 Å². The Morgan fingerprint density at radius 2 is 2.07 bits per heavy atom. The Morgan fingerprint density at radius 3 is 2.85 bits per heavy atom. The number of carbonyl (C=O) groups is 1. The molecule has 0 radical (unpaired) electrons. The van der Waals surface area contributed by atoms with Crippen LogP contribution in [0, 0.1) is 0 Å². The van der Waals surface area contributed by atoms with Crippen LogP contribution < -0.4 is 19.9 Å². The topological polar surface area (TPSA) is 102 Å². The van der Waals surface area contributed by atoms with Gasteiger partial charge in [0, 0.05) is 24.7 Å². The van der Waals surface area contributed by atoms with Crippen LogP contribution in [0.4, 0.5) is 35.2 Å². The van der Waals surface area contributed by atoms with Crippen molar-refractivity contribution in [3.05, 3.63) is 54.5 Å². The van der Waals surface area contributed by atoms with Gasteiger partial charge < -0.3 is 24.4 Å². The molecule has 1 N–H and O–H groups in total. The van der Waals surface area contributed by atoms with Gasteiger partial charge in [-0.2, -0.15) is 13.2 Å². The molecule has 0 saturated carbocycles. The molecule has 10 nitrogen and oxygen atoms in total. The summed E-state index contributed by atoms with van der Waals surface area (Å²) in [5.41, 5.74) is 0.492. The number of halogens is 3. The highest BCUT2D eigenvalue weighted by Gasteiger charge is 2.39. The van der Waals surface area contributed by atoms with Crippen molar-refractivity contribution in [2.75, 3.05) is 41.4 Å². The molecule has 5 heterocycles. The number of fused-ring (bicyclic) bond motifs is 4. The zero-order valence-electron chi connectivity index (χ0n) is 22.5. The summed E-state index contributed by atoms with van der Waals surface area (Å²) < 4.78 is 57.2. The maximum Gasteiger partial charge on any atom is 0.416 e. The largest absolute Gasteiger partial charge is 0.489 e. The third kappa shape index (κ3) is 5.77. The van der Waals surface area contributed by atoms with Crippen LogP contribution in [0.25, 0.3) is 11.4 Å². The average Bonchev–Trinajstić information content (AvgIpc) is 3.30. The summed E-state index contributed by atoms with van der Waals surface area (Å²) in [6, 6.07) is 5.91. The van der Waals surface area contributed by atoms with Crippen LogP contribution in [0.2, 0.25) is 0 Å². The number of pyridine rings is 1. The Morgan fingerprint density at radius 1 is 1.22 bits per heavy atom. The highest BCUT2D eigenvalue weighted by Crippen LogP contribution is 2.39. The molecule has 0 unspecified atom stereocenters. The number of aromatic nitrogens is 3. The molecule has 216 valence electrons. The highest BCUT2D eigenvalue weighted by atomic mass is 19.4. The number of hydrogen-bond acceptors (Lipinski definition) is 8. The van der Waals surface area contributed by atoms with E-state index in [9.17, 15) is 18.0 Å². The zero-order chi connectivity index (χ0) is 28.8. The van der Waals surface area contributed by atoms with E-state index < -0.39 is 23.6 Å². The van der Waals surface area contributed by atoms with E-state index >= 15 is 0 Å². The maximum absolute atomic E-state index is 13.7. The fourth-order valence-corrected chi connectivity index (χ4v) is 5.34. The molecule has 0 aliphatic carbocycles. The van der Waals surface area contributed by atoms with Gasteiger partial charge in [-0.25, -0.2) is 14.8 Å². The van der Waals surface area contributed by atoms with Crippen molar-refractivity contribution in [3.63, 3.8) is 0 Å². The van der Waals surface area contributed by atoms with Crippen LogP contribution in [-0.2, 0) is 15.7 Å². The first-order chi connectivity index (χ1) is 19.6. The van der Waals surface area contributed by atoms with Crippen molar-refractivity contribution in [3.8, 4) is 17.1 Å². The number of rotatable bonds is 5. The molecule has 0 spiro atoms. The summed E-state index contributed by atoms with van der Waals surface area (Å²) >= 11 is 0. The molecular formula is C28H29F3N6O4. The Kier molecular flexibility index (Phi) is 6.94. The van der Waals surface area contributed by atoms with Crippen molar-refractivity contribution < 1.29 is 32.2 Å². The van der Waals surface area contributed by atoms with Crippen molar-refractivity contribution in [2.45, 2.75) is 50.8 Å². The molecule has 41 heavy (non-hydrogen) atoms. The number of nitrogens with zero attached hydrogens (tertiary/aromatic N) is 5. The van der Waals surface area contributed by atoms with Gasteiger partial charge in [0.05, 0.1) is 48.2 Å². The minimum atomic E-state index is -4.50. The van der Waals surface area contributed by atoms with E-state index in [0.717, 1.165) is 31.5 Å². The van der Waals surface area contributed by atoms with Crippen LogP contribution in [0.15, 0.2) is 48.9 Å². The lowest BCUT2D eigenvalue weighted by atomic mass is 10.0. The summed E-state index contributed by atoms with van der Waals surface area (Å²) in [5, 5.41) is 2.89.